The van der Waals surface area contributed by atoms with Crippen LogP contribution in [0.5, 0.6) is 0 Å². The molecule has 1 aromatic heterocycles. The van der Waals surface area contributed by atoms with Crippen LogP contribution in [0.4, 0.5) is 11.5 Å². The molecule has 2 aliphatic heterocycles. The zero-order valence-corrected chi connectivity index (χ0v) is 18.8. The fourth-order valence-corrected chi connectivity index (χ4v) is 5.91. The summed E-state index contributed by atoms with van der Waals surface area (Å²) >= 11 is 1.59. The van der Waals surface area contributed by atoms with Crippen LogP contribution in [0.1, 0.15) is 18.4 Å². The average molecular weight is 450 g/mol. The second-order valence-electron chi connectivity index (χ2n) is 7.74. The number of hydrogen-bond donors (Lipinski definition) is 2. The predicted octanol–water partition coefficient (Wildman–Crippen LogP) is 2.14. The normalized spacial score (nSPS) is 19.8. The van der Waals surface area contributed by atoms with Gasteiger partial charge in [-0.2, -0.15) is 0 Å². The third-order valence-corrected chi connectivity index (χ3v) is 7.18. The molecule has 162 valence electrons. The lowest BCUT2D eigenvalue weighted by atomic mass is 9.88. The van der Waals surface area contributed by atoms with Crippen LogP contribution in [-0.4, -0.2) is 57.6 Å². The van der Waals surface area contributed by atoms with Gasteiger partial charge >= 0.3 is 0 Å². The summed E-state index contributed by atoms with van der Waals surface area (Å²) in [5, 5.41) is 4.24. The van der Waals surface area contributed by atoms with E-state index in [0.717, 1.165) is 52.9 Å². The number of rotatable bonds is 7. The number of nitrogens with one attached hydrogen (secondary N) is 2. The first-order valence-corrected chi connectivity index (χ1v) is 12.7. The van der Waals surface area contributed by atoms with Crippen LogP contribution in [0.3, 0.4) is 0 Å². The summed E-state index contributed by atoms with van der Waals surface area (Å²) in [4.78, 5) is 12.0. The van der Waals surface area contributed by atoms with Crippen molar-refractivity contribution in [2.24, 2.45) is 5.92 Å². The topological polar surface area (TPSA) is 96.5 Å². The molecule has 2 N–H and O–H groups in total. The molecule has 2 atom stereocenters. The highest BCUT2D eigenvalue weighted by Gasteiger charge is 2.29. The number of anilines is 2. The van der Waals surface area contributed by atoms with Crippen molar-refractivity contribution in [3.8, 4) is 0 Å². The van der Waals surface area contributed by atoms with Crippen LogP contribution in [0.15, 0.2) is 40.5 Å². The van der Waals surface area contributed by atoms with Crippen LogP contribution in [0.2, 0.25) is 0 Å². The Hall–Kier alpha value is -1.72. The maximum Gasteiger partial charge on any atom is 0.208 e. The lowest BCUT2D eigenvalue weighted by molar-refractivity contribution is 0.204. The lowest BCUT2D eigenvalue weighted by Crippen LogP contribution is -2.47. The van der Waals surface area contributed by atoms with Gasteiger partial charge in [0.15, 0.2) is 5.82 Å². The molecule has 4 rings (SSSR count). The molecule has 0 saturated carbocycles. The average Bonchev–Trinajstić information content (AvgIpc) is 2.73. The Morgan fingerprint density at radius 2 is 2.20 bits per heavy atom. The van der Waals surface area contributed by atoms with E-state index in [1.807, 2.05) is 4.90 Å². The molecule has 0 spiro atoms. The van der Waals surface area contributed by atoms with Crippen molar-refractivity contribution in [1.82, 2.24) is 20.0 Å². The molecule has 8 nitrogen and oxygen atoms in total. The number of sulfonamides is 1. The molecule has 1 fully saturated rings. The fraction of sp³-hybridized carbons (Fsp3) is 0.500. The Kier molecular flexibility index (Phi) is 6.59. The fourth-order valence-electron chi connectivity index (χ4n) is 4.10. The van der Waals surface area contributed by atoms with Gasteiger partial charge in [0.25, 0.3) is 0 Å². The number of piperidine rings is 1. The largest absolute Gasteiger partial charge is 0.364 e. The number of fused-ring (bicyclic) bond motifs is 2. The minimum Gasteiger partial charge on any atom is -0.364 e. The van der Waals surface area contributed by atoms with Crippen LogP contribution >= 0.6 is 11.8 Å². The number of aromatic nitrogens is 2. The van der Waals surface area contributed by atoms with E-state index in [9.17, 15) is 8.42 Å². The van der Waals surface area contributed by atoms with Crippen LogP contribution in [-0.2, 0) is 21.2 Å². The van der Waals surface area contributed by atoms with Gasteiger partial charge in [-0.25, -0.2) is 23.1 Å². The van der Waals surface area contributed by atoms with Crippen LogP contribution in [0.25, 0.3) is 0 Å². The number of nitrogens with zero attached hydrogens (tertiary/aromatic N) is 3. The summed E-state index contributed by atoms with van der Waals surface area (Å²) in [5.74, 6) is 1.04. The molecular weight excluding hydrogens is 422 g/mol. The molecular formula is C20H27N5O3S2. The Morgan fingerprint density at radius 3 is 2.93 bits per heavy atom. The van der Waals surface area contributed by atoms with Crippen molar-refractivity contribution in [1.29, 1.82) is 0 Å². The molecule has 2 aromatic rings. The van der Waals surface area contributed by atoms with Crippen LogP contribution in [0, 0.1) is 5.92 Å². The number of hydrogen-bond acceptors (Lipinski definition) is 8. The third kappa shape index (κ3) is 4.94. The predicted molar refractivity (Wildman–Crippen MR) is 118 cm³/mol. The summed E-state index contributed by atoms with van der Waals surface area (Å²) in [6, 6.07) is 6.12. The van der Waals surface area contributed by atoms with Gasteiger partial charge < -0.3 is 10.1 Å². The summed E-state index contributed by atoms with van der Waals surface area (Å²) in [5.41, 5.74) is 2.08. The van der Waals surface area contributed by atoms with Crippen molar-refractivity contribution >= 4 is 33.3 Å². The summed E-state index contributed by atoms with van der Waals surface area (Å²) in [6.07, 6.45) is 7.31. The van der Waals surface area contributed by atoms with Gasteiger partial charge in [0, 0.05) is 30.4 Å². The highest BCUT2D eigenvalue weighted by molar-refractivity contribution is 7.99. The zero-order valence-electron chi connectivity index (χ0n) is 17.2. The second kappa shape index (κ2) is 9.19. The number of ether oxygens (including phenoxy) is 1. The molecule has 0 radical (unpaired) electrons. The number of methoxy groups -OCH3 is 1. The van der Waals surface area contributed by atoms with E-state index in [1.54, 1.807) is 31.3 Å². The van der Waals surface area contributed by atoms with Crippen molar-refractivity contribution < 1.29 is 13.2 Å². The lowest BCUT2D eigenvalue weighted by Gasteiger charge is -2.32. The van der Waals surface area contributed by atoms with Gasteiger partial charge in [0.2, 0.25) is 10.0 Å². The van der Waals surface area contributed by atoms with Gasteiger partial charge in [-0.1, -0.05) is 17.8 Å². The SMILES string of the molecule is COCN1c2cc(CC(NS(C)(=O)=O)C3CCCNC3)ccc2Sc2nccnc21. The first kappa shape index (κ1) is 21.5. The van der Waals surface area contributed by atoms with Crippen molar-refractivity contribution in [3.63, 3.8) is 0 Å². The molecule has 1 aromatic carbocycles. The Morgan fingerprint density at radius 1 is 1.37 bits per heavy atom. The van der Waals surface area contributed by atoms with Gasteiger partial charge in [-0.05, 0) is 56.0 Å². The molecule has 0 bridgehead atoms. The summed E-state index contributed by atoms with van der Waals surface area (Å²) < 4.78 is 32.3. The first-order valence-electron chi connectivity index (χ1n) is 10.0. The molecule has 0 aliphatic carbocycles. The highest BCUT2D eigenvalue weighted by Crippen LogP contribution is 2.46. The summed E-state index contributed by atoms with van der Waals surface area (Å²) in [7, 11) is -1.64. The molecule has 3 heterocycles. The molecule has 2 unspecified atom stereocenters. The van der Waals surface area contributed by atoms with E-state index in [2.05, 4.69) is 38.2 Å². The first-order chi connectivity index (χ1) is 14.4. The standard InChI is InChI=1S/C20H27N5O3S2/c1-28-13-25-17-11-14(5-6-18(17)29-20-19(25)22-8-9-23-20)10-16(24-30(2,26)27)15-4-3-7-21-12-15/h5-6,8-9,11,15-16,21,24H,3-4,7,10,12-13H2,1-2H3. The van der Waals surface area contributed by atoms with Gasteiger partial charge in [-0.15, -0.1) is 0 Å². The molecule has 1 saturated heterocycles. The van der Waals surface area contributed by atoms with E-state index in [1.165, 1.54) is 6.26 Å². The van der Waals surface area contributed by atoms with E-state index < -0.39 is 10.0 Å². The maximum atomic E-state index is 12.0. The quantitative estimate of drug-likeness (QED) is 0.664. The minimum atomic E-state index is -3.30. The van der Waals surface area contributed by atoms with Gasteiger partial charge in [-0.3, -0.25) is 4.90 Å². The molecule has 10 heteroatoms. The van der Waals surface area contributed by atoms with Crippen molar-refractivity contribution in [3.05, 3.63) is 36.2 Å². The van der Waals surface area contributed by atoms with Crippen molar-refractivity contribution in [2.75, 3.05) is 38.1 Å². The van der Waals surface area contributed by atoms with Crippen molar-refractivity contribution in [2.45, 2.75) is 35.2 Å². The monoisotopic (exact) mass is 449 g/mol. The number of benzene rings is 1. The van der Waals surface area contributed by atoms with Crippen LogP contribution < -0.4 is 14.9 Å². The Balaban J connectivity index is 1.63. The van der Waals surface area contributed by atoms with Gasteiger partial charge in [0.1, 0.15) is 11.8 Å². The summed E-state index contributed by atoms with van der Waals surface area (Å²) in [6.45, 7) is 2.18. The zero-order chi connectivity index (χ0) is 21.1. The maximum absolute atomic E-state index is 12.0. The van der Waals surface area contributed by atoms with E-state index >= 15 is 0 Å². The van der Waals surface area contributed by atoms with E-state index in [-0.39, 0.29) is 12.0 Å². The smallest absolute Gasteiger partial charge is 0.208 e. The van der Waals surface area contributed by atoms with E-state index in [0.29, 0.717) is 13.2 Å². The molecule has 30 heavy (non-hydrogen) atoms. The van der Waals surface area contributed by atoms with E-state index in [4.69, 9.17) is 4.74 Å². The highest BCUT2D eigenvalue weighted by atomic mass is 32.2. The Bertz CT molecular complexity index is 996. The minimum absolute atomic E-state index is 0.148. The molecule has 2 aliphatic rings. The third-order valence-electron chi connectivity index (χ3n) is 5.41. The second-order valence-corrected chi connectivity index (χ2v) is 10.6. The molecule has 0 amide bonds. The Labute approximate surface area is 181 Å². The van der Waals surface area contributed by atoms with Gasteiger partial charge in [0.05, 0.1) is 11.9 Å².